The summed E-state index contributed by atoms with van der Waals surface area (Å²) in [7, 11) is 0. The van der Waals surface area contributed by atoms with Gasteiger partial charge in [0.15, 0.2) is 5.78 Å². The Morgan fingerprint density at radius 2 is 1.40 bits per heavy atom. The van der Waals surface area contributed by atoms with Crippen molar-refractivity contribution in [3.63, 3.8) is 0 Å². The fraction of sp³-hybridized carbons (Fsp3) is 0.174. The average Bonchev–Trinajstić information content (AvgIpc) is 2.65. The number of carbonyl (C=O) groups is 1. The summed E-state index contributed by atoms with van der Waals surface area (Å²) in [6, 6.07) is 23.6. The van der Waals surface area contributed by atoms with Gasteiger partial charge in [-0.1, -0.05) is 60.7 Å². The van der Waals surface area contributed by atoms with E-state index in [9.17, 15) is 9.90 Å². The van der Waals surface area contributed by atoms with Crippen molar-refractivity contribution >= 4 is 5.78 Å². The Bertz CT molecular complexity index is 844. The first-order chi connectivity index (χ1) is 12.1. The Morgan fingerprint density at radius 3 is 1.96 bits per heavy atom. The van der Waals surface area contributed by atoms with Crippen LogP contribution in [0.1, 0.15) is 38.5 Å². The third-order valence-corrected chi connectivity index (χ3v) is 4.58. The molecule has 0 aliphatic rings. The summed E-state index contributed by atoms with van der Waals surface area (Å²) < 4.78 is 0. The van der Waals surface area contributed by atoms with Crippen molar-refractivity contribution in [3.05, 3.63) is 101 Å². The zero-order valence-electron chi connectivity index (χ0n) is 14.6. The standard InChI is InChI=1S/C23H22O2/c1-16-13-20(14-17(2)22(16)24)23(25)21(19-11-7-4-8-12-19)15-18-9-5-3-6-10-18/h3-14,21,24H,15H2,1-2H3. The highest BCUT2D eigenvalue weighted by atomic mass is 16.3. The van der Waals surface area contributed by atoms with Gasteiger partial charge in [-0.3, -0.25) is 4.79 Å². The van der Waals surface area contributed by atoms with E-state index >= 15 is 0 Å². The molecule has 0 spiro atoms. The molecule has 3 aromatic rings. The van der Waals surface area contributed by atoms with E-state index < -0.39 is 0 Å². The monoisotopic (exact) mass is 330 g/mol. The molecule has 1 atom stereocenters. The van der Waals surface area contributed by atoms with Crippen LogP contribution >= 0.6 is 0 Å². The molecule has 0 heterocycles. The summed E-state index contributed by atoms with van der Waals surface area (Å²) in [5.74, 6) is 0.101. The molecular weight excluding hydrogens is 308 g/mol. The van der Waals surface area contributed by atoms with Gasteiger partial charge in [0.2, 0.25) is 0 Å². The van der Waals surface area contributed by atoms with Crippen LogP contribution in [0.3, 0.4) is 0 Å². The largest absolute Gasteiger partial charge is 0.507 e. The quantitative estimate of drug-likeness (QED) is 0.651. The number of aromatic hydroxyl groups is 1. The van der Waals surface area contributed by atoms with Crippen molar-refractivity contribution in [2.75, 3.05) is 0 Å². The maximum absolute atomic E-state index is 13.3. The van der Waals surface area contributed by atoms with Crippen molar-refractivity contribution in [3.8, 4) is 5.75 Å². The van der Waals surface area contributed by atoms with E-state index in [0.717, 1.165) is 22.3 Å². The fourth-order valence-electron chi connectivity index (χ4n) is 3.20. The van der Waals surface area contributed by atoms with Gasteiger partial charge in [0.1, 0.15) is 5.75 Å². The molecular formula is C23H22O2. The van der Waals surface area contributed by atoms with E-state index in [0.29, 0.717) is 12.0 Å². The summed E-state index contributed by atoms with van der Waals surface area (Å²) in [5, 5.41) is 9.99. The predicted molar refractivity (Wildman–Crippen MR) is 101 cm³/mol. The van der Waals surface area contributed by atoms with Gasteiger partial charge in [-0.15, -0.1) is 0 Å². The molecule has 0 saturated carbocycles. The normalized spacial score (nSPS) is 11.9. The topological polar surface area (TPSA) is 37.3 Å². The van der Waals surface area contributed by atoms with Gasteiger partial charge in [-0.25, -0.2) is 0 Å². The van der Waals surface area contributed by atoms with E-state index in [4.69, 9.17) is 0 Å². The second kappa shape index (κ2) is 7.35. The highest BCUT2D eigenvalue weighted by molar-refractivity contribution is 6.01. The van der Waals surface area contributed by atoms with E-state index in [1.54, 1.807) is 12.1 Å². The maximum Gasteiger partial charge on any atom is 0.170 e. The molecule has 3 rings (SSSR count). The van der Waals surface area contributed by atoms with Crippen LogP contribution in [0.2, 0.25) is 0 Å². The number of ketones is 1. The first-order valence-electron chi connectivity index (χ1n) is 8.49. The Labute approximate surface area is 148 Å². The highest BCUT2D eigenvalue weighted by Gasteiger charge is 2.23. The average molecular weight is 330 g/mol. The lowest BCUT2D eigenvalue weighted by atomic mass is 9.85. The molecule has 25 heavy (non-hydrogen) atoms. The number of Topliss-reactive ketones (excluding diaryl/α,β-unsaturated/α-hetero) is 1. The molecule has 0 aromatic heterocycles. The van der Waals surface area contributed by atoms with E-state index in [1.165, 1.54) is 0 Å². The molecule has 3 aromatic carbocycles. The fourth-order valence-corrected chi connectivity index (χ4v) is 3.20. The highest BCUT2D eigenvalue weighted by Crippen LogP contribution is 2.29. The molecule has 1 unspecified atom stereocenters. The second-order valence-electron chi connectivity index (χ2n) is 6.48. The summed E-state index contributed by atoms with van der Waals surface area (Å²) in [6.45, 7) is 3.65. The van der Waals surface area contributed by atoms with E-state index in [1.807, 2.05) is 62.4 Å². The van der Waals surface area contributed by atoms with Gasteiger partial charge in [0.25, 0.3) is 0 Å². The van der Waals surface area contributed by atoms with Crippen LogP contribution < -0.4 is 0 Å². The zero-order chi connectivity index (χ0) is 17.8. The van der Waals surface area contributed by atoms with Crippen molar-refractivity contribution < 1.29 is 9.90 Å². The van der Waals surface area contributed by atoms with E-state index in [-0.39, 0.29) is 17.5 Å². The molecule has 0 aliphatic heterocycles. The summed E-state index contributed by atoms with van der Waals surface area (Å²) in [5.41, 5.74) is 4.26. The summed E-state index contributed by atoms with van der Waals surface area (Å²) in [4.78, 5) is 13.3. The number of phenolic OH excluding ortho intramolecular Hbond substituents is 1. The third kappa shape index (κ3) is 3.80. The first-order valence-corrected chi connectivity index (χ1v) is 8.49. The molecule has 0 bridgehead atoms. The number of benzene rings is 3. The smallest absolute Gasteiger partial charge is 0.170 e. The second-order valence-corrected chi connectivity index (χ2v) is 6.48. The third-order valence-electron chi connectivity index (χ3n) is 4.58. The van der Waals surface area contributed by atoms with Gasteiger partial charge in [-0.05, 0) is 54.7 Å². The molecule has 1 N–H and O–H groups in total. The lowest BCUT2D eigenvalue weighted by molar-refractivity contribution is 0.0958. The Morgan fingerprint density at radius 1 is 0.880 bits per heavy atom. The molecule has 0 radical (unpaired) electrons. The lowest BCUT2D eigenvalue weighted by Crippen LogP contribution is -2.16. The number of hydrogen-bond acceptors (Lipinski definition) is 2. The Hall–Kier alpha value is -2.87. The Kier molecular flexibility index (Phi) is 4.99. The van der Waals surface area contributed by atoms with Gasteiger partial charge < -0.3 is 5.11 Å². The summed E-state index contributed by atoms with van der Waals surface area (Å²) in [6.07, 6.45) is 0.655. The molecule has 2 nitrogen and oxygen atoms in total. The van der Waals surface area contributed by atoms with Crippen molar-refractivity contribution in [1.82, 2.24) is 0 Å². The number of carbonyl (C=O) groups excluding carboxylic acids is 1. The molecule has 2 heteroatoms. The van der Waals surface area contributed by atoms with Crippen LogP contribution in [0.4, 0.5) is 0 Å². The number of hydrogen-bond donors (Lipinski definition) is 1. The molecule has 126 valence electrons. The molecule has 0 fully saturated rings. The molecule has 0 aliphatic carbocycles. The van der Waals surface area contributed by atoms with Gasteiger partial charge >= 0.3 is 0 Å². The number of rotatable bonds is 5. The van der Waals surface area contributed by atoms with Gasteiger partial charge in [0.05, 0.1) is 5.92 Å². The van der Waals surface area contributed by atoms with Crippen LogP contribution in [-0.4, -0.2) is 10.9 Å². The predicted octanol–water partition coefficient (Wildman–Crippen LogP) is 5.22. The molecule has 0 saturated heterocycles. The molecule has 0 amide bonds. The summed E-state index contributed by atoms with van der Waals surface area (Å²) >= 11 is 0. The van der Waals surface area contributed by atoms with Crippen molar-refractivity contribution in [2.24, 2.45) is 0 Å². The SMILES string of the molecule is Cc1cc(C(=O)C(Cc2ccccc2)c2ccccc2)cc(C)c1O. The number of phenols is 1. The van der Waals surface area contributed by atoms with Crippen molar-refractivity contribution in [1.29, 1.82) is 0 Å². The van der Waals surface area contributed by atoms with Crippen LogP contribution in [0, 0.1) is 13.8 Å². The van der Waals surface area contributed by atoms with E-state index in [2.05, 4.69) is 12.1 Å². The van der Waals surface area contributed by atoms with Gasteiger partial charge in [-0.2, -0.15) is 0 Å². The van der Waals surface area contributed by atoms with Gasteiger partial charge in [0, 0.05) is 5.56 Å². The zero-order valence-corrected chi connectivity index (χ0v) is 14.6. The Balaban J connectivity index is 2.00. The lowest BCUT2D eigenvalue weighted by Gasteiger charge is -2.18. The van der Waals surface area contributed by atoms with Crippen LogP contribution in [0.25, 0.3) is 0 Å². The van der Waals surface area contributed by atoms with Crippen LogP contribution in [0.5, 0.6) is 5.75 Å². The number of aryl methyl sites for hydroxylation is 2. The minimum absolute atomic E-state index is 0.0845. The first kappa shape index (κ1) is 17.0. The minimum Gasteiger partial charge on any atom is -0.507 e. The maximum atomic E-state index is 13.3. The van der Waals surface area contributed by atoms with Crippen LogP contribution in [0.15, 0.2) is 72.8 Å². The minimum atomic E-state index is -0.244. The van der Waals surface area contributed by atoms with Crippen molar-refractivity contribution in [2.45, 2.75) is 26.2 Å². The van der Waals surface area contributed by atoms with Crippen LogP contribution in [-0.2, 0) is 6.42 Å².